The Hall–Kier alpha value is -1.59. The topological polar surface area (TPSA) is 44.8 Å². The van der Waals surface area contributed by atoms with Gasteiger partial charge in [0.15, 0.2) is 0 Å². The molecule has 1 amide bonds. The zero-order valence-corrected chi connectivity index (χ0v) is 14.8. The standard InChI is InChI=1S/C19H29N3O2/c1-15(2)24-18-6-4-3-5-16(18)13-19(23)22-10-7-17(14-22)21-11-8-20-9-12-21/h3-6,15,17,20H,7-14H2,1-2H3. The van der Waals surface area contributed by atoms with Crippen LogP contribution in [0, 0.1) is 0 Å². The molecule has 2 aliphatic rings. The number of para-hydroxylation sites is 1. The molecule has 132 valence electrons. The lowest BCUT2D eigenvalue weighted by molar-refractivity contribution is -0.129. The van der Waals surface area contributed by atoms with Crippen LogP contribution in [0.5, 0.6) is 5.75 Å². The number of ether oxygens (including phenoxy) is 1. The van der Waals surface area contributed by atoms with Gasteiger partial charge in [0.25, 0.3) is 0 Å². The Labute approximate surface area is 145 Å². The number of carbonyl (C=O) groups excluding carboxylic acids is 1. The number of carbonyl (C=O) groups is 1. The Morgan fingerprint density at radius 3 is 2.75 bits per heavy atom. The van der Waals surface area contributed by atoms with Crippen molar-refractivity contribution in [3.63, 3.8) is 0 Å². The van der Waals surface area contributed by atoms with Crippen molar-refractivity contribution in [2.24, 2.45) is 0 Å². The van der Waals surface area contributed by atoms with Crippen LogP contribution in [0.1, 0.15) is 25.8 Å². The van der Waals surface area contributed by atoms with Crippen LogP contribution < -0.4 is 10.1 Å². The van der Waals surface area contributed by atoms with E-state index in [2.05, 4.69) is 10.2 Å². The number of likely N-dealkylation sites (tertiary alicyclic amines) is 1. The number of hydrogen-bond donors (Lipinski definition) is 1. The minimum absolute atomic E-state index is 0.116. The second-order valence-corrected chi connectivity index (χ2v) is 7.02. The average molecular weight is 331 g/mol. The van der Waals surface area contributed by atoms with E-state index in [1.807, 2.05) is 43.0 Å². The number of rotatable bonds is 5. The number of benzene rings is 1. The number of nitrogens with one attached hydrogen (secondary N) is 1. The van der Waals surface area contributed by atoms with Crippen LogP contribution in [0.25, 0.3) is 0 Å². The maximum Gasteiger partial charge on any atom is 0.227 e. The lowest BCUT2D eigenvalue weighted by Gasteiger charge is -2.32. The first-order valence-corrected chi connectivity index (χ1v) is 9.10. The van der Waals surface area contributed by atoms with Gasteiger partial charge < -0.3 is 15.0 Å². The maximum absolute atomic E-state index is 12.7. The van der Waals surface area contributed by atoms with Crippen LogP contribution in [-0.4, -0.2) is 67.1 Å². The van der Waals surface area contributed by atoms with Crippen LogP contribution in [-0.2, 0) is 11.2 Å². The first-order chi connectivity index (χ1) is 11.6. The highest BCUT2D eigenvalue weighted by Gasteiger charge is 2.31. The molecule has 3 rings (SSSR count). The molecule has 1 aromatic rings. The summed E-state index contributed by atoms with van der Waals surface area (Å²) < 4.78 is 5.84. The van der Waals surface area contributed by atoms with Crippen molar-refractivity contribution in [1.82, 2.24) is 15.1 Å². The summed E-state index contributed by atoms with van der Waals surface area (Å²) in [4.78, 5) is 17.3. The van der Waals surface area contributed by atoms with Gasteiger partial charge in [0.05, 0.1) is 12.5 Å². The van der Waals surface area contributed by atoms with E-state index >= 15 is 0 Å². The minimum atomic E-state index is 0.116. The molecule has 1 atom stereocenters. The largest absolute Gasteiger partial charge is 0.491 e. The Morgan fingerprint density at radius 1 is 1.25 bits per heavy atom. The molecule has 5 nitrogen and oxygen atoms in total. The van der Waals surface area contributed by atoms with E-state index in [0.717, 1.165) is 57.0 Å². The normalized spacial score (nSPS) is 22.1. The Kier molecular flexibility index (Phi) is 5.74. The Morgan fingerprint density at radius 2 is 2.00 bits per heavy atom. The zero-order chi connectivity index (χ0) is 16.9. The third-order valence-corrected chi connectivity index (χ3v) is 4.86. The van der Waals surface area contributed by atoms with E-state index in [-0.39, 0.29) is 12.0 Å². The summed E-state index contributed by atoms with van der Waals surface area (Å²) >= 11 is 0. The zero-order valence-electron chi connectivity index (χ0n) is 14.8. The van der Waals surface area contributed by atoms with E-state index in [1.54, 1.807) is 0 Å². The lowest BCUT2D eigenvalue weighted by atomic mass is 10.1. The van der Waals surface area contributed by atoms with Crippen molar-refractivity contribution in [2.75, 3.05) is 39.3 Å². The number of hydrogen-bond acceptors (Lipinski definition) is 4. The number of nitrogens with zero attached hydrogens (tertiary/aromatic N) is 2. The first kappa shape index (κ1) is 17.2. The summed E-state index contributed by atoms with van der Waals surface area (Å²) in [6.07, 6.45) is 1.64. The van der Waals surface area contributed by atoms with E-state index in [4.69, 9.17) is 4.74 Å². The SMILES string of the molecule is CC(C)Oc1ccccc1CC(=O)N1CCC(N2CCNCC2)C1. The fourth-order valence-electron chi connectivity index (χ4n) is 3.61. The smallest absolute Gasteiger partial charge is 0.227 e. The highest BCUT2D eigenvalue weighted by Crippen LogP contribution is 2.22. The highest BCUT2D eigenvalue weighted by molar-refractivity contribution is 5.79. The lowest BCUT2D eigenvalue weighted by Crippen LogP contribution is -2.49. The molecule has 2 fully saturated rings. The molecule has 2 aliphatic heterocycles. The maximum atomic E-state index is 12.7. The van der Waals surface area contributed by atoms with Crippen molar-refractivity contribution >= 4 is 5.91 Å². The molecule has 1 aromatic carbocycles. The summed E-state index contributed by atoms with van der Waals surface area (Å²) in [7, 11) is 0. The van der Waals surface area contributed by atoms with Crippen LogP contribution in [0.3, 0.4) is 0 Å². The summed E-state index contributed by atoms with van der Waals surface area (Å²) in [5.41, 5.74) is 0.988. The molecule has 5 heteroatoms. The number of piperazine rings is 1. The monoisotopic (exact) mass is 331 g/mol. The molecule has 1 unspecified atom stereocenters. The van der Waals surface area contributed by atoms with E-state index in [1.165, 1.54) is 0 Å². The van der Waals surface area contributed by atoms with Gasteiger partial charge in [-0.1, -0.05) is 18.2 Å². The van der Waals surface area contributed by atoms with Crippen LogP contribution in [0.4, 0.5) is 0 Å². The molecule has 0 aliphatic carbocycles. The first-order valence-electron chi connectivity index (χ1n) is 9.10. The summed E-state index contributed by atoms with van der Waals surface area (Å²) in [6.45, 7) is 10.1. The van der Waals surface area contributed by atoms with Crippen molar-refractivity contribution in [1.29, 1.82) is 0 Å². The molecular formula is C19H29N3O2. The second kappa shape index (κ2) is 7.99. The van der Waals surface area contributed by atoms with Crippen molar-refractivity contribution < 1.29 is 9.53 Å². The van der Waals surface area contributed by atoms with Crippen LogP contribution >= 0.6 is 0 Å². The molecule has 24 heavy (non-hydrogen) atoms. The molecule has 0 saturated carbocycles. The Balaban J connectivity index is 1.58. The Bertz CT molecular complexity index is 555. The summed E-state index contributed by atoms with van der Waals surface area (Å²) in [5.74, 6) is 1.05. The van der Waals surface area contributed by atoms with Crippen molar-refractivity contribution in [3.8, 4) is 5.75 Å². The quantitative estimate of drug-likeness (QED) is 0.889. The average Bonchev–Trinajstić information content (AvgIpc) is 3.07. The fraction of sp³-hybridized carbons (Fsp3) is 0.632. The fourth-order valence-corrected chi connectivity index (χ4v) is 3.61. The predicted molar refractivity (Wildman–Crippen MR) is 95.3 cm³/mol. The van der Waals surface area contributed by atoms with Gasteiger partial charge in [0.2, 0.25) is 5.91 Å². The van der Waals surface area contributed by atoms with Gasteiger partial charge in [-0.2, -0.15) is 0 Å². The molecular weight excluding hydrogens is 302 g/mol. The second-order valence-electron chi connectivity index (χ2n) is 7.02. The molecule has 0 spiro atoms. The third-order valence-electron chi connectivity index (χ3n) is 4.86. The molecule has 0 bridgehead atoms. The number of amides is 1. The molecule has 2 heterocycles. The predicted octanol–water partition coefficient (Wildman–Crippen LogP) is 1.52. The van der Waals surface area contributed by atoms with Gasteiger partial charge in [0, 0.05) is 50.9 Å². The van der Waals surface area contributed by atoms with Gasteiger partial charge in [-0.3, -0.25) is 9.69 Å². The van der Waals surface area contributed by atoms with E-state index in [0.29, 0.717) is 12.5 Å². The molecule has 0 aromatic heterocycles. The van der Waals surface area contributed by atoms with Gasteiger partial charge in [-0.05, 0) is 26.3 Å². The van der Waals surface area contributed by atoms with Crippen LogP contribution in [0.15, 0.2) is 24.3 Å². The van der Waals surface area contributed by atoms with Gasteiger partial charge in [-0.15, -0.1) is 0 Å². The van der Waals surface area contributed by atoms with Gasteiger partial charge >= 0.3 is 0 Å². The van der Waals surface area contributed by atoms with E-state index < -0.39 is 0 Å². The van der Waals surface area contributed by atoms with Crippen molar-refractivity contribution in [3.05, 3.63) is 29.8 Å². The summed E-state index contributed by atoms with van der Waals surface area (Å²) in [6, 6.07) is 8.42. The van der Waals surface area contributed by atoms with Gasteiger partial charge in [0.1, 0.15) is 5.75 Å². The molecule has 0 radical (unpaired) electrons. The molecule has 2 saturated heterocycles. The highest BCUT2D eigenvalue weighted by atomic mass is 16.5. The van der Waals surface area contributed by atoms with Crippen LogP contribution in [0.2, 0.25) is 0 Å². The van der Waals surface area contributed by atoms with Gasteiger partial charge in [-0.25, -0.2) is 0 Å². The van der Waals surface area contributed by atoms with E-state index in [9.17, 15) is 4.79 Å². The summed E-state index contributed by atoms with van der Waals surface area (Å²) in [5, 5.41) is 3.39. The molecule has 1 N–H and O–H groups in total. The minimum Gasteiger partial charge on any atom is -0.491 e. The third kappa shape index (κ3) is 4.28. The van der Waals surface area contributed by atoms with Crippen molar-refractivity contribution in [2.45, 2.75) is 38.8 Å².